The highest BCUT2D eigenvalue weighted by atomic mass is 19.1. The number of nitrogens with one attached hydrogen (secondary N) is 2. The van der Waals surface area contributed by atoms with Gasteiger partial charge in [0.15, 0.2) is 5.96 Å². The molecule has 1 saturated carbocycles. The van der Waals surface area contributed by atoms with E-state index in [1.165, 1.54) is 29.7 Å². The molecule has 0 aliphatic heterocycles. The van der Waals surface area contributed by atoms with Gasteiger partial charge in [0, 0.05) is 19.1 Å². The Morgan fingerprint density at radius 3 is 2.78 bits per heavy atom. The maximum Gasteiger partial charge on any atom is 0.191 e. The van der Waals surface area contributed by atoms with Crippen molar-refractivity contribution in [3.63, 3.8) is 0 Å². The minimum absolute atomic E-state index is 0.270. The summed E-state index contributed by atoms with van der Waals surface area (Å²) in [5.41, 5.74) is 7.70. The van der Waals surface area contributed by atoms with E-state index in [1.54, 1.807) is 12.1 Å². The number of rotatable bonds is 7. The van der Waals surface area contributed by atoms with E-state index in [-0.39, 0.29) is 11.6 Å². The molecule has 0 amide bonds. The topological polar surface area (TPSA) is 104 Å². The van der Waals surface area contributed by atoms with Gasteiger partial charge in [-0.25, -0.2) is 9.07 Å². The highest BCUT2D eigenvalue weighted by Crippen LogP contribution is 2.22. The SMILES string of the molecule is CCNC(=NCCCc1nn(-c2ccc(F)cc2)c(N)c1C#N)NC1CC1. The molecular weight excluding hydrogens is 345 g/mol. The summed E-state index contributed by atoms with van der Waals surface area (Å²) in [7, 11) is 0. The summed E-state index contributed by atoms with van der Waals surface area (Å²) in [5, 5.41) is 20.5. The molecule has 2 aromatic rings. The first-order valence-electron chi connectivity index (χ1n) is 9.20. The number of hydrogen-bond donors (Lipinski definition) is 3. The molecule has 0 atom stereocenters. The van der Waals surface area contributed by atoms with Crippen LogP contribution in [0.2, 0.25) is 0 Å². The highest BCUT2D eigenvalue weighted by molar-refractivity contribution is 5.80. The summed E-state index contributed by atoms with van der Waals surface area (Å²) in [6.07, 6.45) is 3.72. The van der Waals surface area contributed by atoms with E-state index < -0.39 is 0 Å². The van der Waals surface area contributed by atoms with Crippen molar-refractivity contribution in [2.75, 3.05) is 18.8 Å². The third-order valence-corrected chi connectivity index (χ3v) is 4.28. The lowest BCUT2D eigenvalue weighted by atomic mass is 10.1. The molecule has 0 saturated heterocycles. The van der Waals surface area contributed by atoms with E-state index in [0.29, 0.717) is 36.0 Å². The summed E-state index contributed by atoms with van der Waals surface area (Å²) in [5.74, 6) is 0.766. The van der Waals surface area contributed by atoms with Gasteiger partial charge in [-0.1, -0.05) is 0 Å². The Kier molecular flexibility index (Phi) is 5.91. The minimum atomic E-state index is -0.334. The molecule has 0 spiro atoms. The number of aliphatic imine (C=N–C) groups is 1. The van der Waals surface area contributed by atoms with Crippen LogP contribution in [0.15, 0.2) is 29.3 Å². The number of nitrogens with zero attached hydrogens (tertiary/aromatic N) is 4. The fourth-order valence-electron chi connectivity index (χ4n) is 2.73. The first kappa shape index (κ1) is 18.7. The van der Waals surface area contributed by atoms with E-state index in [9.17, 15) is 9.65 Å². The maximum absolute atomic E-state index is 13.1. The van der Waals surface area contributed by atoms with Crippen molar-refractivity contribution in [2.45, 2.75) is 38.6 Å². The lowest BCUT2D eigenvalue weighted by Gasteiger charge is -2.09. The van der Waals surface area contributed by atoms with Crippen LogP contribution in [0.3, 0.4) is 0 Å². The van der Waals surface area contributed by atoms with E-state index >= 15 is 0 Å². The summed E-state index contributed by atoms with van der Waals surface area (Å²) in [4.78, 5) is 4.57. The molecule has 0 bridgehead atoms. The molecule has 7 nitrogen and oxygen atoms in total. The number of nitrogens with two attached hydrogens (primary N) is 1. The van der Waals surface area contributed by atoms with Crippen LogP contribution < -0.4 is 16.4 Å². The molecule has 8 heteroatoms. The van der Waals surface area contributed by atoms with E-state index in [2.05, 4.69) is 26.8 Å². The predicted octanol–water partition coefficient (Wildman–Crippen LogP) is 2.12. The van der Waals surface area contributed by atoms with Gasteiger partial charge < -0.3 is 16.4 Å². The van der Waals surface area contributed by atoms with Gasteiger partial charge in [0.25, 0.3) is 0 Å². The normalized spacial score (nSPS) is 14.0. The number of guanidine groups is 1. The zero-order valence-corrected chi connectivity index (χ0v) is 15.4. The van der Waals surface area contributed by atoms with Crippen molar-refractivity contribution in [3.8, 4) is 11.8 Å². The first-order valence-corrected chi connectivity index (χ1v) is 9.20. The molecule has 1 aliphatic rings. The molecule has 1 aromatic carbocycles. The van der Waals surface area contributed by atoms with E-state index in [0.717, 1.165) is 18.9 Å². The van der Waals surface area contributed by atoms with Crippen molar-refractivity contribution in [3.05, 3.63) is 41.3 Å². The fourth-order valence-corrected chi connectivity index (χ4v) is 2.73. The highest BCUT2D eigenvalue weighted by Gasteiger charge is 2.22. The summed E-state index contributed by atoms with van der Waals surface area (Å²) in [6, 6.07) is 8.51. The quantitative estimate of drug-likeness (QED) is 0.394. The largest absolute Gasteiger partial charge is 0.382 e. The minimum Gasteiger partial charge on any atom is -0.382 e. The Morgan fingerprint density at radius 1 is 1.41 bits per heavy atom. The summed E-state index contributed by atoms with van der Waals surface area (Å²) < 4.78 is 14.6. The Labute approximate surface area is 158 Å². The Morgan fingerprint density at radius 2 is 2.15 bits per heavy atom. The molecule has 1 aromatic heterocycles. The number of hydrogen-bond acceptors (Lipinski definition) is 4. The molecule has 1 heterocycles. The second-order valence-corrected chi connectivity index (χ2v) is 6.49. The average molecular weight is 369 g/mol. The van der Waals surface area contributed by atoms with Gasteiger partial charge in [0.2, 0.25) is 0 Å². The van der Waals surface area contributed by atoms with Crippen LogP contribution in [-0.4, -0.2) is 34.9 Å². The smallest absolute Gasteiger partial charge is 0.191 e. The number of anilines is 1. The maximum atomic E-state index is 13.1. The van der Waals surface area contributed by atoms with Crippen LogP contribution in [0.1, 0.15) is 37.4 Å². The van der Waals surface area contributed by atoms with Crippen molar-refractivity contribution in [2.24, 2.45) is 4.99 Å². The molecule has 1 fully saturated rings. The van der Waals surface area contributed by atoms with Crippen LogP contribution in [0.5, 0.6) is 0 Å². The fraction of sp³-hybridized carbons (Fsp3) is 0.421. The van der Waals surface area contributed by atoms with Crippen LogP contribution in [0, 0.1) is 17.1 Å². The van der Waals surface area contributed by atoms with E-state index in [1.807, 2.05) is 6.92 Å². The van der Waals surface area contributed by atoms with E-state index in [4.69, 9.17) is 5.73 Å². The summed E-state index contributed by atoms with van der Waals surface area (Å²) in [6.45, 7) is 3.47. The lowest BCUT2D eigenvalue weighted by molar-refractivity contribution is 0.627. The van der Waals surface area contributed by atoms with Gasteiger partial charge in [0.1, 0.15) is 23.3 Å². The second-order valence-electron chi connectivity index (χ2n) is 6.49. The second kappa shape index (κ2) is 8.54. The lowest BCUT2D eigenvalue weighted by Crippen LogP contribution is -2.38. The molecule has 1 aliphatic carbocycles. The van der Waals surface area contributed by atoms with Gasteiger partial charge in [-0.15, -0.1) is 0 Å². The number of nitrogen functional groups attached to an aromatic ring is 1. The van der Waals surface area contributed by atoms with Crippen LogP contribution in [-0.2, 0) is 6.42 Å². The number of nitriles is 1. The zero-order valence-electron chi connectivity index (χ0n) is 15.4. The first-order chi connectivity index (χ1) is 13.1. The Balaban J connectivity index is 1.66. The van der Waals surface area contributed by atoms with Gasteiger partial charge in [0.05, 0.1) is 11.4 Å². The van der Waals surface area contributed by atoms with Crippen molar-refractivity contribution in [1.29, 1.82) is 5.26 Å². The van der Waals surface area contributed by atoms with Crippen molar-refractivity contribution < 1.29 is 4.39 Å². The molecule has 27 heavy (non-hydrogen) atoms. The predicted molar refractivity (Wildman–Crippen MR) is 103 cm³/mol. The van der Waals surface area contributed by atoms with Crippen molar-refractivity contribution in [1.82, 2.24) is 20.4 Å². The Bertz CT molecular complexity index is 844. The molecule has 4 N–H and O–H groups in total. The van der Waals surface area contributed by atoms with Gasteiger partial charge in [-0.3, -0.25) is 4.99 Å². The molecule has 142 valence electrons. The average Bonchev–Trinajstić information content (AvgIpc) is 3.42. The van der Waals surface area contributed by atoms with Gasteiger partial charge in [-0.2, -0.15) is 10.4 Å². The number of aryl methyl sites for hydroxylation is 1. The van der Waals surface area contributed by atoms with Crippen LogP contribution >= 0.6 is 0 Å². The van der Waals surface area contributed by atoms with Crippen LogP contribution in [0.25, 0.3) is 5.69 Å². The molecule has 0 unspecified atom stereocenters. The van der Waals surface area contributed by atoms with Crippen molar-refractivity contribution >= 4 is 11.8 Å². The monoisotopic (exact) mass is 369 g/mol. The third-order valence-electron chi connectivity index (χ3n) is 4.28. The zero-order chi connectivity index (χ0) is 19.2. The molecule has 3 rings (SSSR count). The summed E-state index contributed by atoms with van der Waals surface area (Å²) >= 11 is 0. The third kappa shape index (κ3) is 4.76. The number of benzene rings is 1. The molecule has 0 radical (unpaired) electrons. The standard InChI is InChI=1S/C19H24FN7/c1-2-23-19(25-14-7-8-14)24-11-3-4-17-16(12-21)18(22)27(26-17)15-9-5-13(20)6-10-15/h5-6,9-10,14H,2-4,7-8,11,22H2,1H3,(H2,23,24,25). The Hall–Kier alpha value is -3.08. The van der Waals surface area contributed by atoms with Crippen LogP contribution in [0.4, 0.5) is 10.2 Å². The molecular formula is C19H24FN7. The number of aromatic nitrogens is 2. The van der Waals surface area contributed by atoms with Gasteiger partial charge in [-0.05, 0) is 56.9 Å². The van der Waals surface area contributed by atoms with Gasteiger partial charge >= 0.3 is 0 Å². The number of halogens is 1.